The smallest absolute Gasteiger partial charge is 0.327 e. The normalized spacial score (nSPS) is 10.3. The van der Waals surface area contributed by atoms with Crippen molar-refractivity contribution in [2.75, 3.05) is 6.61 Å². The van der Waals surface area contributed by atoms with Crippen LogP contribution in [0.4, 0.5) is 0 Å². The van der Waals surface area contributed by atoms with E-state index >= 15 is 0 Å². The highest BCUT2D eigenvalue weighted by Crippen LogP contribution is 2.12. The van der Waals surface area contributed by atoms with E-state index in [1.807, 2.05) is 0 Å². The number of esters is 1. The van der Waals surface area contributed by atoms with E-state index in [0.29, 0.717) is 12.3 Å². The van der Waals surface area contributed by atoms with Gasteiger partial charge in [0, 0.05) is 24.0 Å². The van der Waals surface area contributed by atoms with Crippen molar-refractivity contribution in [3.63, 3.8) is 0 Å². The summed E-state index contributed by atoms with van der Waals surface area (Å²) in [5.74, 6) is -0.442. The average Bonchev–Trinajstić information content (AvgIpc) is 2.72. The molecule has 6 nitrogen and oxygen atoms in total. The van der Waals surface area contributed by atoms with E-state index < -0.39 is 5.97 Å². The molecule has 0 spiro atoms. The number of nitrogens with one attached hydrogen (secondary N) is 1. The number of pyridine rings is 1. The molecule has 0 saturated heterocycles. The molecule has 0 bridgehead atoms. The summed E-state index contributed by atoms with van der Waals surface area (Å²) < 4.78 is 6.00. The standard InChI is InChI=1S/C12H13N3O3/c1-2-18-12(17)8-15-11(16)7-10(14-15)9-3-5-13-6-4-9/h3-7,14H,2,8H2,1H3. The Morgan fingerprint density at radius 3 is 2.83 bits per heavy atom. The second kappa shape index (κ2) is 5.31. The van der Waals surface area contributed by atoms with E-state index in [-0.39, 0.29) is 12.1 Å². The lowest BCUT2D eigenvalue weighted by Gasteiger charge is -2.02. The average molecular weight is 247 g/mol. The quantitative estimate of drug-likeness (QED) is 0.811. The third-order valence-corrected chi connectivity index (χ3v) is 2.37. The van der Waals surface area contributed by atoms with E-state index in [0.717, 1.165) is 5.56 Å². The Kier molecular flexibility index (Phi) is 3.57. The van der Waals surface area contributed by atoms with Gasteiger partial charge in [0.15, 0.2) is 0 Å². The fraction of sp³-hybridized carbons (Fsp3) is 0.250. The molecule has 0 saturated carbocycles. The van der Waals surface area contributed by atoms with Crippen LogP contribution >= 0.6 is 0 Å². The van der Waals surface area contributed by atoms with Crippen molar-refractivity contribution in [1.82, 2.24) is 14.8 Å². The molecule has 0 radical (unpaired) electrons. The zero-order valence-electron chi connectivity index (χ0n) is 9.92. The first kappa shape index (κ1) is 12.1. The summed E-state index contributed by atoms with van der Waals surface area (Å²) in [6.45, 7) is 1.90. The zero-order valence-corrected chi connectivity index (χ0v) is 9.92. The molecule has 0 unspecified atom stereocenters. The van der Waals surface area contributed by atoms with Gasteiger partial charge in [-0.15, -0.1) is 0 Å². The molecular formula is C12H13N3O3. The van der Waals surface area contributed by atoms with E-state index in [1.54, 1.807) is 31.5 Å². The van der Waals surface area contributed by atoms with Gasteiger partial charge in [0.2, 0.25) is 0 Å². The number of ether oxygens (including phenoxy) is 1. The van der Waals surface area contributed by atoms with Gasteiger partial charge in [0.05, 0.1) is 12.3 Å². The van der Waals surface area contributed by atoms with Crippen molar-refractivity contribution in [3.05, 3.63) is 40.9 Å². The number of carbonyl (C=O) groups is 1. The third kappa shape index (κ3) is 2.65. The second-order valence-corrected chi connectivity index (χ2v) is 3.64. The number of rotatable bonds is 4. The number of hydrogen-bond donors (Lipinski definition) is 1. The zero-order chi connectivity index (χ0) is 13.0. The van der Waals surface area contributed by atoms with Crippen molar-refractivity contribution >= 4 is 5.97 Å². The van der Waals surface area contributed by atoms with Crippen LogP contribution in [0.2, 0.25) is 0 Å². The van der Waals surface area contributed by atoms with Gasteiger partial charge in [0.25, 0.3) is 5.56 Å². The first-order chi connectivity index (χ1) is 8.70. The molecule has 0 aliphatic heterocycles. The third-order valence-electron chi connectivity index (χ3n) is 2.37. The highest BCUT2D eigenvalue weighted by atomic mass is 16.5. The van der Waals surface area contributed by atoms with Crippen LogP contribution in [0.1, 0.15) is 6.92 Å². The Labute approximate surface area is 103 Å². The molecule has 2 aromatic heterocycles. The molecule has 94 valence electrons. The van der Waals surface area contributed by atoms with Crippen molar-refractivity contribution < 1.29 is 9.53 Å². The Balaban J connectivity index is 2.23. The highest BCUT2D eigenvalue weighted by Gasteiger charge is 2.09. The first-order valence-corrected chi connectivity index (χ1v) is 5.56. The molecule has 0 aliphatic rings. The van der Waals surface area contributed by atoms with Crippen molar-refractivity contribution in [1.29, 1.82) is 0 Å². The van der Waals surface area contributed by atoms with Crippen LogP contribution in [0.15, 0.2) is 35.4 Å². The maximum Gasteiger partial charge on any atom is 0.327 e. The SMILES string of the molecule is CCOC(=O)Cn1[nH]c(-c2ccncc2)cc1=O. The maximum absolute atomic E-state index is 11.7. The van der Waals surface area contributed by atoms with Gasteiger partial charge in [-0.05, 0) is 19.1 Å². The molecule has 2 heterocycles. The minimum atomic E-state index is -0.442. The maximum atomic E-state index is 11.7. The summed E-state index contributed by atoms with van der Waals surface area (Å²) in [6.07, 6.45) is 3.27. The number of hydrogen-bond acceptors (Lipinski definition) is 4. The minimum Gasteiger partial charge on any atom is -0.465 e. The predicted molar refractivity (Wildman–Crippen MR) is 64.9 cm³/mol. The van der Waals surface area contributed by atoms with Crippen molar-refractivity contribution in [2.24, 2.45) is 0 Å². The Morgan fingerprint density at radius 1 is 1.44 bits per heavy atom. The lowest BCUT2D eigenvalue weighted by Crippen LogP contribution is -2.22. The minimum absolute atomic E-state index is 0.113. The molecule has 2 aromatic rings. The van der Waals surface area contributed by atoms with E-state index in [4.69, 9.17) is 4.74 Å². The van der Waals surface area contributed by atoms with Crippen LogP contribution < -0.4 is 5.56 Å². The molecule has 0 atom stereocenters. The Morgan fingerprint density at radius 2 is 2.17 bits per heavy atom. The molecule has 0 aromatic carbocycles. The summed E-state index contributed by atoms with van der Waals surface area (Å²) in [7, 11) is 0. The van der Waals surface area contributed by atoms with Crippen molar-refractivity contribution in [2.45, 2.75) is 13.5 Å². The lowest BCUT2D eigenvalue weighted by atomic mass is 10.2. The van der Waals surface area contributed by atoms with E-state index in [2.05, 4.69) is 10.1 Å². The lowest BCUT2D eigenvalue weighted by molar-refractivity contribution is -0.144. The molecule has 0 aliphatic carbocycles. The highest BCUT2D eigenvalue weighted by molar-refractivity contribution is 5.69. The van der Waals surface area contributed by atoms with Gasteiger partial charge < -0.3 is 4.74 Å². The van der Waals surface area contributed by atoms with Gasteiger partial charge in [-0.2, -0.15) is 0 Å². The number of aromatic nitrogens is 3. The summed E-state index contributed by atoms with van der Waals surface area (Å²) >= 11 is 0. The van der Waals surface area contributed by atoms with Gasteiger partial charge in [-0.3, -0.25) is 19.7 Å². The summed E-state index contributed by atoms with van der Waals surface area (Å²) in [4.78, 5) is 26.9. The van der Waals surface area contributed by atoms with Gasteiger partial charge in [0.1, 0.15) is 6.54 Å². The molecule has 18 heavy (non-hydrogen) atoms. The second-order valence-electron chi connectivity index (χ2n) is 3.64. The summed E-state index contributed by atoms with van der Waals surface area (Å²) in [5, 5.41) is 2.86. The Bertz CT molecular complexity index is 586. The van der Waals surface area contributed by atoms with Crippen LogP contribution in [0.3, 0.4) is 0 Å². The van der Waals surface area contributed by atoms with Crippen molar-refractivity contribution in [3.8, 4) is 11.3 Å². The summed E-state index contributed by atoms with van der Waals surface area (Å²) in [5.41, 5.74) is 1.21. The van der Waals surface area contributed by atoms with Crippen LogP contribution in [-0.4, -0.2) is 27.3 Å². The number of nitrogens with zero attached hydrogens (tertiary/aromatic N) is 2. The molecule has 1 N–H and O–H groups in total. The van der Waals surface area contributed by atoms with Gasteiger partial charge in [-0.1, -0.05) is 0 Å². The van der Waals surface area contributed by atoms with Gasteiger partial charge >= 0.3 is 5.97 Å². The summed E-state index contributed by atoms with van der Waals surface area (Å²) in [6, 6.07) is 4.99. The molecule has 2 rings (SSSR count). The Hall–Kier alpha value is -2.37. The molecule has 0 fully saturated rings. The number of H-pyrrole nitrogens is 1. The fourth-order valence-electron chi connectivity index (χ4n) is 1.57. The largest absolute Gasteiger partial charge is 0.465 e. The van der Waals surface area contributed by atoms with Crippen LogP contribution in [0.25, 0.3) is 11.3 Å². The van der Waals surface area contributed by atoms with Crippen LogP contribution in [-0.2, 0) is 16.1 Å². The molecule has 0 amide bonds. The van der Waals surface area contributed by atoms with Crippen LogP contribution in [0, 0.1) is 0 Å². The molecule has 6 heteroatoms. The molecular weight excluding hydrogens is 234 g/mol. The fourth-order valence-corrected chi connectivity index (χ4v) is 1.57. The number of aromatic amines is 1. The monoisotopic (exact) mass is 247 g/mol. The van der Waals surface area contributed by atoms with Crippen LogP contribution in [0.5, 0.6) is 0 Å². The topological polar surface area (TPSA) is 77.0 Å². The van der Waals surface area contributed by atoms with E-state index in [1.165, 1.54) is 10.7 Å². The van der Waals surface area contributed by atoms with Gasteiger partial charge in [-0.25, -0.2) is 4.68 Å². The first-order valence-electron chi connectivity index (χ1n) is 5.56. The number of carbonyl (C=O) groups excluding carboxylic acids is 1. The van der Waals surface area contributed by atoms with E-state index in [9.17, 15) is 9.59 Å². The predicted octanol–water partition coefficient (Wildman–Crippen LogP) is 0.801.